The van der Waals surface area contributed by atoms with Gasteiger partial charge in [-0.3, -0.25) is 19.8 Å². The van der Waals surface area contributed by atoms with Crippen molar-refractivity contribution in [1.29, 1.82) is 0 Å². The van der Waals surface area contributed by atoms with Crippen molar-refractivity contribution >= 4 is 27.9 Å². The van der Waals surface area contributed by atoms with E-state index in [0.717, 1.165) is 0 Å². The summed E-state index contributed by atoms with van der Waals surface area (Å²) in [6.45, 7) is 4.47. The maximum atomic E-state index is 11.1. The Kier molecular flexibility index (Phi) is 4.01. The van der Waals surface area contributed by atoms with Crippen LogP contribution in [-0.2, 0) is 4.79 Å². The number of carbonyl (C=O) groups excluding carboxylic acids is 1. The Morgan fingerprint density at radius 2 is 2.11 bits per heavy atom. The Balaban J connectivity index is 2.02. The van der Waals surface area contributed by atoms with E-state index in [-0.39, 0.29) is 22.6 Å². The molecule has 8 heteroatoms. The van der Waals surface area contributed by atoms with Crippen LogP contribution < -0.4 is 10.6 Å². The van der Waals surface area contributed by atoms with Gasteiger partial charge in [0.1, 0.15) is 0 Å². The SMILES string of the molecule is C[C@H](C(N)=O)N1CCN(c2sccc2[N+](=O)[O-])CC1. The van der Waals surface area contributed by atoms with Gasteiger partial charge < -0.3 is 10.6 Å². The average Bonchev–Trinajstić information content (AvgIpc) is 2.87. The van der Waals surface area contributed by atoms with Crippen LogP contribution in [0.1, 0.15) is 6.92 Å². The van der Waals surface area contributed by atoms with Crippen molar-refractivity contribution in [2.75, 3.05) is 31.1 Å². The van der Waals surface area contributed by atoms with Crippen LogP contribution in [0.3, 0.4) is 0 Å². The van der Waals surface area contributed by atoms with Crippen molar-refractivity contribution in [3.63, 3.8) is 0 Å². The van der Waals surface area contributed by atoms with Crippen LogP contribution in [0, 0.1) is 10.1 Å². The molecule has 0 saturated carbocycles. The number of nitrogens with two attached hydrogens (primary N) is 1. The molecule has 2 heterocycles. The Bertz CT molecular complexity index is 482. The fourth-order valence-electron chi connectivity index (χ4n) is 2.16. The highest BCUT2D eigenvalue weighted by Gasteiger charge is 2.28. The Hall–Kier alpha value is -1.67. The quantitative estimate of drug-likeness (QED) is 0.647. The van der Waals surface area contributed by atoms with Gasteiger partial charge >= 0.3 is 5.69 Å². The van der Waals surface area contributed by atoms with Crippen molar-refractivity contribution in [3.05, 3.63) is 21.6 Å². The molecule has 7 nitrogen and oxygen atoms in total. The van der Waals surface area contributed by atoms with Gasteiger partial charge in [-0.05, 0) is 12.3 Å². The number of piperazine rings is 1. The molecule has 2 rings (SSSR count). The molecule has 0 radical (unpaired) electrons. The summed E-state index contributed by atoms with van der Waals surface area (Å²) in [5, 5.41) is 13.3. The summed E-state index contributed by atoms with van der Waals surface area (Å²) in [7, 11) is 0. The lowest BCUT2D eigenvalue weighted by Gasteiger charge is -2.37. The zero-order valence-electron chi connectivity index (χ0n) is 10.6. The first-order valence-corrected chi connectivity index (χ1v) is 6.89. The fourth-order valence-corrected chi connectivity index (χ4v) is 3.08. The number of primary amides is 1. The predicted octanol–water partition coefficient (Wildman–Crippen LogP) is 0.652. The molecule has 1 aromatic rings. The van der Waals surface area contributed by atoms with Crippen LogP contribution in [0.15, 0.2) is 11.4 Å². The largest absolute Gasteiger partial charge is 0.368 e. The third-order valence-corrected chi connectivity index (χ3v) is 4.35. The number of anilines is 1. The average molecular weight is 284 g/mol. The number of hydrogen-bond acceptors (Lipinski definition) is 6. The first-order chi connectivity index (χ1) is 9.00. The van der Waals surface area contributed by atoms with Crippen molar-refractivity contribution in [2.45, 2.75) is 13.0 Å². The molecule has 0 spiro atoms. The van der Waals surface area contributed by atoms with Gasteiger partial charge in [0.25, 0.3) is 0 Å². The molecule has 1 saturated heterocycles. The zero-order chi connectivity index (χ0) is 14.0. The van der Waals surface area contributed by atoms with E-state index in [2.05, 4.69) is 0 Å². The molecule has 1 amide bonds. The molecule has 1 aliphatic rings. The lowest BCUT2D eigenvalue weighted by Crippen LogP contribution is -2.53. The van der Waals surface area contributed by atoms with Gasteiger partial charge in [-0.25, -0.2) is 0 Å². The Morgan fingerprint density at radius 1 is 1.47 bits per heavy atom. The van der Waals surface area contributed by atoms with E-state index in [9.17, 15) is 14.9 Å². The molecule has 19 heavy (non-hydrogen) atoms. The maximum Gasteiger partial charge on any atom is 0.303 e. The summed E-state index contributed by atoms with van der Waals surface area (Å²) in [4.78, 5) is 25.7. The number of nitrogens with zero attached hydrogens (tertiary/aromatic N) is 3. The van der Waals surface area contributed by atoms with E-state index in [1.54, 1.807) is 12.3 Å². The highest BCUT2D eigenvalue weighted by Crippen LogP contribution is 2.34. The zero-order valence-corrected chi connectivity index (χ0v) is 11.4. The van der Waals surface area contributed by atoms with Gasteiger partial charge in [-0.1, -0.05) is 0 Å². The standard InChI is InChI=1S/C11H16N4O3S/c1-8(10(12)16)13-3-5-14(6-4-13)11-9(15(17)18)2-7-19-11/h2,7-8H,3-6H2,1H3,(H2,12,16)/t8-/m1/s1. The summed E-state index contributed by atoms with van der Waals surface area (Å²) in [5.74, 6) is -0.337. The second-order valence-corrected chi connectivity index (χ2v) is 5.36. The highest BCUT2D eigenvalue weighted by molar-refractivity contribution is 7.14. The van der Waals surface area contributed by atoms with E-state index < -0.39 is 0 Å². The van der Waals surface area contributed by atoms with E-state index in [1.807, 2.05) is 9.80 Å². The molecule has 2 N–H and O–H groups in total. The second kappa shape index (κ2) is 5.54. The Morgan fingerprint density at radius 3 is 2.63 bits per heavy atom. The van der Waals surface area contributed by atoms with Crippen LogP contribution >= 0.6 is 11.3 Å². The third kappa shape index (κ3) is 2.85. The maximum absolute atomic E-state index is 11.1. The predicted molar refractivity (Wildman–Crippen MR) is 73.4 cm³/mol. The minimum absolute atomic E-state index is 0.154. The van der Waals surface area contributed by atoms with Crippen molar-refractivity contribution in [1.82, 2.24) is 4.90 Å². The van der Waals surface area contributed by atoms with Gasteiger partial charge in [-0.15, -0.1) is 11.3 Å². The monoisotopic (exact) mass is 284 g/mol. The van der Waals surface area contributed by atoms with Crippen molar-refractivity contribution < 1.29 is 9.72 Å². The van der Waals surface area contributed by atoms with Gasteiger partial charge in [0.15, 0.2) is 5.00 Å². The topological polar surface area (TPSA) is 92.7 Å². The van der Waals surface area contributed by atoms with Crippen LogP contribution in [0.4, 0.5) is 10.7 Å². The Labute approximate surface area is 114 Å². The number of amides is 1. The summed E-state index contributed by atoms with van der Waals surface area (Å²) in [6.07, 6.45) is 0. The number of hydrogen-bond donors (Lipinski definition) is 1. The highest BCUT2D eigenvalue weighted by atomic mass is 32.1. The molecular formula is C11H16N4O3S. The molecule has 0 bridgehead atoms. The number of carbonyl (C=O) groups is 1. The number of thiophene rings is 1. The van der Waals surface area contributed by atoms with E-state index in [4.69, 9.17) is 5.73 Å². The summed E-state index contributed by atoms with van der Waals surface area (Å²) >= 11 is 1.37. The first-order valence-electron chi connectivity index (χ1n) is 6.01. The minimum atomic E-state index is -0.357. The van der Waals surface area contributed by atoms with Gasteiger partial charge in [-0.2, -0.15) is 0 Å². The normalized spacial score (nSPS) is 18.3. The third-order valence-electron chi connectivity index (χ3n) is 3.38. The smallest absolute Gasteiger partial charge is 0.303 e. The van der Waals surface area contributed by atoms with Crippen LogP contribution in [0.25, 0.3) is 0 Å². The molecule has 0 aliphatic carbocycles. The fraction of sp³-hybridized carbons (Fsp3) is 0.545. The molecule has 0 unspecified atom stereocenters. The summed E-state index contributed by atoms with van der Waals surface area (Å²) < 4.78 is 0. The molecule has 104 valence electrons. The first kappa shape index (κ1) is 13.8. The van der Waals surface area contributed by atoms with Crippen LogP contribution in [0.2, 0.25) is 0 Å². The minimum Gasteiger partial charge on any atom is -0.368 e. The van der Waals surface area contributed by atoms with Crippen molar-refractivity contribution in [3.8, 4) is 0 Å². The van der Waals surface area contributed by atoms with Crippen molar-refractivity contribution in [2.24, 2.45) is 5.73 Å². The van der Waals surface area contributed by atoms with E-state index >= 15 is 0 Å². The molecule has 1 atom stereocenters. The molecule has 0 aromatic carbocycles. The second-order valence-electron chi connectivity index (χ2n) is 4.47. The van der Waals surface area contributed by atoms with Gasteiger partial charge in [0, 0.05) is 32.2 Å². The van der Waals surface area contributed by atoms with E-state index in [0.29, 0.717) is 31.2 Å². The van der Waals surface area contributed by atoms with Gasteiger partial charge in [0.05, 0.1) is 11.0 Å². The van der Waals surface area contributed by atoms with Crippen LogP contribution in [0.5, 0.6) is 0 Å². The molecule has 1 aliphatic heterocycles. The van der Waals surface area contributed by atoms with E-state index in [1.165, 1.54) is 17.4 Å². The lowest BCUT2D eigenvalue weighted by atomic mass is 10.2. The lowest BCUT2D eigenvalue weighted by molar-refractivity contribution is -0.383. The summed E-state index contributed by atoms with van der Waals surface area (Å²) in [5.41, 5.74) is 5.43. The van der Waals surface area contributed by atoms with Gasteiger partial charge in [0.2, 0.25) is 5.91 Å². The molecular weight excluding hydrogens is 268 g/mol. The molecule has 1 fully saturated rings. The molecule has 1 aromatic heterocycles. The summed E-state index contributed by atoms with van der Waals surface area (Å²) in [6, 6.07) is 1.23. The van der Waals surface area contributed by atoms with Crippen LogP contribution in [-0.4, -0.2) is 48.0 Å². The number of rotatable bonds is 4. The number of nitro groups is 1.